The number of rotatable bonds is 5. The fraction of sp³-hybridized carbons (Fsp3) is 0.389. The first-order valence-corrected chi connectivity index (χ1v) is 9.25. The highest BCUT2D eigenvalue weighted by atomic mass is 32.1. The summed E-state index contributed by atoms with van der Waals surface area (Å²) in [7, 11) is 0. The van der Waals surface area contributed by atoms with Crippen LogP contribution in [-0.4, -0.2) is 37.0 Å². The average molecular weight is 360 g/mol. The third-order valence-electron chi connectivity index (χ3n) is 4.29. The summed E-state index contributed by atoms with van der Waals surface area (Å²) >= 11 is 1.65. The summed E-state index contributed by atoms with van der Waals surface area (Å²) in [6.45, 7) is 2.17. The van der Waals surface area contributed by atoms with Crippen molar-refractivity contribution in [3.8, 4) is 11.5 Å². The van der Waals surface area contributed by atoms with E-state index < -0.39 is 0 Å². The van der Waals surface area contributed by atoms with Crippen molar-refractivity contribution in [1.29, 1.82) is 0 Å². The number of ether oxygens (including phenoxy) is 3. The number of benzene rings is 1. The number of carbonyl (C=O) groups excluding carboxylic acids is 1. The number of nitrogens with zero attached hydrogens (tertiary/aromatic N) is 1. The molecule has 2 aliphatic heterocycles. The van der Waals surface area contributed by atoms with Gasteiger partial charge in [-0.2, -0.15) is 0 Å². The van der Waals surface area contributed by atoms with E-state index in [1.165, 1.54) is 0 Å². The van der Waals surface area contributed by atoms with Gasteiger partial charge < -0.3 is 24.4 Å². The molecule has 0 aliphatic carbocycles. The third kappa shape index (κ3) is 3.88. The van der Waals surface area contributed by atoms with Gasteiger partial charge in [-0.3, -0.25) is 0 Å². The first-order chi connectivity index (χ1) is 12.3. The van der Waals surface area contributed by atoms with E-state index >= 15 is 0 Å². The van der Waals surface area contributed by atoms with Gasteiger partial charge in [0.25, 0.3) is 0 Å². The zero-order valence-electron chi connectivity index (χ0n) is 13.8. The van der Waals surface area contributed by atoms with Crippen LogP contribution in [0.25, 0.3) is 0 Å². The SMILES string of the molecule is O=C(Nc1ccc2c(c1)OCO2)N(Cc1cccs1)CC1CCCO1. The Morgan fingerprint density at radius 2 is 2.20 bits per heavy atom. The normalized spacial score (nSPS) is 18.3. The number of carbonyl (C=O) groups is 1. The molecule has 1 N–H and O–H groups in total. The summed E-state index contributed by atoms with van der Waals surface area (Å²) in [6.07, 6.45) is 2.17. The Balaban J connectivity index is 1.46. The number of thiophene rings is 1. The summed E-state index contributed by atoms with van der Waals surface area (Å²) < 4.78 is 16.4. The van der Waals surface area contributed by atoms with Crippen LogP contribution in [0.5, 0.6) is 11.5 Å². The van der Waals surface area contributed by atoms with Gasteiger partial charge in [0.1, 0.15) is 0 Å². The Hall–Kier alpha value is -2.25. The lowest BCUT2D eigenvalue weighted by atomic mass is 10.2. The number of fused-ring (bicyclic) bond motifs is 1. The number of urea groups is 1. The van der Waals surface area contributed by atoms with Gasteiger partial charge in [0.15, 0.2) is 11.5 Å². The lowest BCUT2D eigenvalue weighted by molar-refractivity contribution is 0.0821. The molecule has 25 heavy (non-hydrogen) atoms. The molecule has 7 heteroatoms. The molecule has 1 aromatic heterocycles. The molecule has 1 fully saturated rings. The molecular weight excluding hydrogens is 340 g/mol. The first kappa shape index (κ1) is 16.2. The summed E-state index contributed by atoms with van der Waals surface area (Å²) in [5, 5.41) is 4.98. The van der Waals surface area contributed by atoms with E-state index in [-0.39, 0.29) is 18.9 Å². The van der Waals surface area contributed by atoms with E-state index in [4.69, 9.17) is 14.2 Å². The molecule has 1 unspecified atom stereocenters. The second-order valence-corrected chi connectivity index (χ2v) is 7.13. The fourth-order valence-electron chi connectivity index (χ4n) is 3.02. The van der Waals surface area contributed by atoms with Gasteiger partial charge in [-0.1, -0.05) is 6.07 Å². The highest BCUT2D eigenvalue weighted by Crippen LogP contribution is 2.34. The maximum Gasteiger partial charge on any atom is 0.322 e. The smallest absolute Gasteiger partial charge is 0.322 e. The van der Waals surface area contributed by atoms with Gasteiger partial charge in [0.2, 0.25) is 6.79 Å². The number of hydrogen-bond acceptors (Lipinski definition) is 5. The van der Waals surface area contributed by atoms with Crippen LogP contribution in [-0.2, 0) is 11.3 Å². The standard InChI is InChI=1S/C18H20N2O4S/c21-18(19-13-5-6-16-17(9-13)24-12-23-16)20(10-14-3-1-7-22-14)11-15-4-2-8-25-15/h2,4-6,8-9,14H,1,3,7,10-12H2,(H,19,21). The summed E-state index contributed by atoms with van der Waals surface area (Å²) in [6, 6.07) is 9.32. The van der Waals surface area contributed by atoms with Crippen LogP contribution >= 0.6 is 11.3 Å². The molecule has 3 heterocycles. The molecule has 2 aliphatic rings. The average Bonchev–Trinajstić information content (AvgIpc) is 3.36. The minimum absolute atomic E-state index is 0.113. The lowest BCUT2D eigenvalue weighted by Gasteiger charge is -2.25. The van der Waals surface area contributed by atoms with Crippen LogP contribution in [0.15, 0.2) is 35.7 Å². The largest absolute Gasteiger partial charge is 0.454 e. The van der Waals surface area contributed by atoms with Crippen molar-refractivity contribution in [1.82, 2.24) is 4.90 Å². The van der Waals surface area contributed by atoms with Gasteiger partial charge in [0.05, 0.1) is 12.6 Å². The molecule has 2 amide bonds. The predicted octanol–water partition coefficient (Wildman–Crippen LogP) is 3.69. The first-order valence-electron chi connectivity index (χ1n) is 8.37. The molecule has 0 bridgehead atoms. The number of hydrogen-bond donors (Lipinski definition) is 1. The van der Waals surface area contributed by atoms with Crippen LogP contribution in [0.1, 0.15) is 17.7 Å². The van der Waals surface area contributed by atoms with Gasteiger partial charge in [0, 0.05) is 29.8 Å². The Morgan fingerprint density at radius 1 is 1.28 bits per heavy atom. The van der Waals surface area contributed by atoms with E-state index in [9.17, 15) is 4.79 Å². The van der Waals surface area contributed by atoms with Crippen LogP contribution in [0.3, 0.4) is 0 Å². The molecule has 1 atom stereocenters. The monoisotopic (exact) mass is 360 g/mol. The molecule has 1 saturated heterocycles. The van der Waals surface area contributed by atoms with Gasteiger partial charge in [-0.25, -0.2) is 4.79 Å². The third-order valence-corrected chi connectivity index (χ3v) is 5.15. The molecule has 2 aromatic rings. The fourth-order valence-corrected chi connectivity index (χ4v) is 3.74. The van der Waals surface area contributed by atoms with E-state index in [1.54, 1.807) is 17.4 Å². The molecular formula is C18H20N2O4S. The quantitative estimate of drug-likeness (QED) is 0.883. The Labute approximate surface area is 150 Å². The highest BCUT2D eigenvalue weighted by Gasteiger charge is 2.23. The zero-order valence-corrected chi connectivity index (χ0v) is 14.6. The van der Waals surface area contributed by atoms with Crippen LogP contribution in [0, 0.1) is 0 Å². The Kier molecular flexibility index (Phi) is 4.76. The number of amides is 2. The van der Waals surface area contributed by atoms with Crippen LogP contribution in [0.4, 0.5) is 10.5 Å². The van der Waals surface area contributed by atoms with Crippen molar-refractivity contribution in [2.75, 3.05) is 25.3 Å². The zero-order chi connectivity index (χ0) is 17.1. The minimum Gasteiger partial charge on any atom is -0.454 e. The topological polar surface area (TPSA) is 60.0 Å². The van der Waals surface area contributed by atoms with Gasteiger partial charge >= 0.3 is 6.03 Å². The molecule has 6 nitrogen and oxygen atoms in total. The second kappa shape index (κ2) is 7.33. The van der Waals surface area contributed by atoms with Crippen molar-refractivity contribution < 1.29 is 19.0 Å². The van der Waals surface area contributed by atoms with Crippen molar-refractivity contribution in [2.24, 2.45) is 0 Å². The van der Waals surface area contributed by atoms with E-state index in [0.29, 0.717) is 30.3 Å². The maximum absolute atomic E-state index is 12.8. The second-order valence-electron chi connectivity index (χ2n) is 6.09. The highest BCUT2D eigenvalue weighted by molar-refractivity contribution is 7.09. The predicted molar refractivity (Wildman–Crippen MR) is 95.3 cm³/mol. The molecule has 0 saturated carbocycles. The number of anilines is 1. The summed E-state index contributed by atoms with van der Waals surface area (Å²) in [5.41, 5.74) is 0.692. The molecule has 4 rings (SSSR count). The van der Waals surface area contributed by atoms with Gasteiger partial charge in [-0.15, -0.1) is 11.3 Å². The Bertz CT molecular complexity index is 729. The maximum atomic E-state index is 12.8. The molecule has 132 valence electrons. The molecule has 0 spiro atoms. The molecule has 1 aromatic carbocycles. The Morgan fingerprint density at radius 3 is 3.00 bits per heavy atom. The summed E-state index contributed by atoms with van der Waals surface area (Å²) in [4.78, 5) is 15.8. The molecule has 0 radical (unpaired) electrons. The van der Waals surface area contributed by atoms with Crippen LogP contribution in [0.2, 0.25) is 0 Å². The van der Waals surface area contributed by atoms with Crippen molar-refractivity contribution in [3.63, 3.8) is 0 Å². The van der Waals surface area contributed by atoms with E-state index in [0.717, 1.165) is 24.3 Å². The van der Waals surface area contributed by atoms with Crippen molar-refractivity contribution in [2.45, 2.75) is 25.5 Å². The lowest BCUT2D eigenvalue weighted by Crippen LogP contribution is -2.39. The van der Waals surface area contributed by atoms with Crippen molar-refractivity contribution >= 4 is 23.1 Å². The summed E-state index contributed by atoms with van der Waals surface area (Å²) in [5.74, 6) is 1.36. The van der Waals surface area contributed by atoms with Crippen molar-refractivity contribution in [3.05, 3.63) is 40.6 Å². The van der Waals surface area contributed by atoms with E-state index in [2.05, 4.69) is 5.32 Å². The van der Waals surface area contributed by atoms with Gasteiger partial charge in [-0.05, 0) is 36.4 Å². The van der Waals surface area contributed by atoms with Crippen LogP contribution < -0.4 is 14.8 Å². The number of nitrogens with one attached hydrogen (secondary N) is 1. The van der Waals surface area contributed by atoms with E-state index in [1.807, 2.05) is 34.5 Å². The minimum atomic E-state index is -0.136.